The summed E-state index contributed by atoms with van der Waals surface area (Å²) >= 11 is 3.31. The molecule has 1 heterocycles. The molecule has 5 heteroatoms. The van der Waals surface area contributed by atoms with Crippen LogP contribution in [0.4, 0.5) is 0 Å². The van der Waals surface area contributed by atoms with Crippen molar-refractivity contribution in [2.75, 3.05) is 27.3 Å². The number of likely N-dealkylation sites (tertiary alicyclic amines) is 1. The Balaban J connectivity index is -0.0000000930. The molecule has 1 unspecified atom stereocenters. The first-order chi connectivity index (χ1) is 13.3. The molecule has 1 fully saturated rings. The van der Waals surface area contributed by atoms with Crippen LogP contribution in [0, 0.1) is 7.43 Å². The van der Waals surface area contributed by atoms with E-state index in [0.717, 1.165) is 11.1 Å². The third-order valence-corrected chi connectivity index (χ3v) is 5.05. The number of hydrogen-bond acceptors (Lipinski definition) is 3. The maximum atomic E-state index is 9.81. The molecule has 1 aromatic carbocycles. The smallest absolute Gasteiger partial charge is 0.129 e. The third-order valence-electron chi connectivity index (χ3n) is 4.52. The summed E-state index contributed by atoms with van der Waals surface area (Å²) in [7, 11) is 3.95. The molecule has 0 aliphatic carbocycles. The van der Waals surface area contributed by atoms with E-state index in [9.17, 15) is 4.79 Å². The molecule has 0 radical (unpaired) electrons. The number of carbonyl (C=O) groups is 1. The summed E-state index contributed by atoms with van der Waals surface area (Å²) in [6, 6.07) is 9.97. The van der Waals surface area contributed by atoms with Gasteiger partial charge in [-0.05, 0) is 38.9 Å². The zero-order valence-corrected chi connectivity index (χ0v) is 24.4. The molecule has 3 nitrogen and oxygen atoms in total. The molecule has 30 heavy (non-hydrogen) atoms. The summed E-state index contributed by atoms with van der Waals surface area (Å²) in [5.41, 5.74) is 0.384. The van der Waals surface area contributed by atoms with Crippen LogP contribution < -0.4 is 0 Å². The molecule has 0 amide bonds. The van der Waals surface area contributed by atoms with Gasteiger partial charge in [0, 0.05) is 50.5 Å². The summed E-state index contributed by atoms with van der Waals surface area (Å²) < 4.78 is 6.30. The first kappa shape index (κ1) is 40.3. The van der Waals surface area contributed by atoms with Crippen molar-refractivity contribution >= 4 is 21.7 Å². The van der Waals surface area contributed by atoms with Gasteiger partial charge >= 0.3 is 0 Å². The van der Waals surface area contributed by atoms with Crippen LogP contribution in [-0.4, -0.2) is 43.5 Å². The Morgan fingerprint density at radius 3 is 1.63 bits per heavy atom. The van der Waals surface area contributed by atoms with E-state index in [0.29, 0.717) is 12.0 Å². The van der Waals surface area contributed by atoms with Gasteiger partial charge < -0.3 is 17.0 Å². The van der Waals surface area contributed by atoms with Gasteiger partial charge in [-0.1, -0.05) is 88.5 Å². The van der Waals surface area contributed by atoms with Crippen LogP contribution in [0.2, 0.25) is 0 Å². The first-order valence-corrected chi connectivity index (χ1v) is 11.5. The third kappa shape index (κ3) is 22.6. The number of rotatable bonds is 5. The van der Waals surface area contributed by atoms with Crippen molar-refractivity contribution in [3.8, 4) is 0 Å². The van der Waals surface area contributed by atoms with E-state index >= 15 is 0 Å². The van der Waals surface area contributed by atoms with E-state index in [1.807, 2.05) is 51.1 Å². The minimum Gasteiger partial charge on any atom is -0.383 e. The van der Waals surface area contributed by atoms with Gasteiger partial charge in [-0.15, -0.1) is 0 Å². The number of unbranched alkanes of at least 4 members (excludes halogenated alkanes) is 1. The normalized spacial score (nSPS) is 15.8. The van der Waals surface area contributed by atoms with Gasteiger partial charge in [0.05, 0.1) is 6.61 Å². The number of halogens is 1. The number of ketones is 1. The van der Waals surface area contributed by atoms with Gasteiger partial charge in [0.15, 0.2) is 0 Å². The van der Waals surface area contributed by atoms with E-state index in [1.165, 1.54) is 32.2 Å². The van der Waals surface area contributed by atoms with Crippen molar-refractivity contribution in [2.45, 2.75) is 86.1 Å². The number of carbonyl (C=O) groups excluding carboxylic acids is 1. The van der Waals surface area contributed by atoms with Gasteiger partial charge in [-0.3, -0.25) is 4.90 Å². The fourth-order valence-electron chi connectivity index (χ4n) is 2.07. The Hall–Kier alpha value is -0.0477. The number of hydrogen-bond donors (Lipinski definition) is 0. The first-order valence-electron chi connectivity index (χ1n) is 10.7. The summed E-state index contributed by atoms with van der Waals surface area (Å²) in [5, 5.41) is 0. The minimum atomic E-state index is 0. The Kier molecular flexibility index (Phi) is 38.9. The summed E-state index contributed by atoms with van der Waals surface area (Å²) in [5.74, 6) is 0.255. The SMILES string of the molecule is Brc1ccccc1.CC.CCC(C)=O.CCC1(COC)CCN1C.CCCC.[CH3-].[Pd]. The number of methoxy groups -OCH3 is 1. The molecule has 0 N–H and O–H groups in total. The van der Waals surface area contributed by atoms with Crippen molar-refractivity contribution in [2.24, 2.45) is 0 Å². The van der Waals surface area contributed by atoms with Crippen molar-refractivity contribution in [1.82, 2.24) is 4.90 Å². The Morgan fingerprint density at radius 2 is 1.53 bits per heavy atom. The van der Waals surface area contributed by atoms with Gasteiger partial charge in [0.25, 0.3) is 0 Å². The van der Waals surface area contributed by atoms with Crippen LogP contribution in [0.25, 0.3) is 0 Å². The number of Topliss-reactive ketones (excluding diaryl/α,β-unsaturated/α-hetero) is 1. The number of ether oxygens (including phenoxy) is 1. The molecule has 0 spiro atoms. The van der Waals surface area contributed by atoms with Crippen molar-refractivity contribution in [3.63, 3.8) is 0 Å². The standard InChI is InChI=1S/C8H17NO.C6H5Br.C4H8O.C4H10.C2H6.CH3.Pd/c1-4-8(7-10-3)5-6-9(8)2;7-6-4-2-1-3-5-6;1-3-4(2)5;1-3-4-2;1-2;;/h4-7H2,1-3H3;1-5H;3H2,1-2H3;3-4H2,1-2H3;1-2H3;1H3;/q;;;;;-1;. The van der Waals surface area contributed by atoms with E-state index in [-0.39, 0.29) is 33.6 Å². The van der Waals surface area contributed by atoms with Crippen molar-refractivity contribution in [1.29, 1.82) is 0 Å². The topological polar surface area (TPSA) is 29.5 Å². The summed E-state index contributed by atoms with van der Waals surface area (Å²) in [6.07, 6.45) is 5.81. The zero-order valence-electron chi connectivity index (χ0n) is 21.3. The van der Waals surface area contributed by atoms with Gasteiger partial charge in [-0.25, -0.2) is 0 Å². The van der Waals surface area contributed by atoms with Crippen molar-refractivity contribution < 1.29 is 30.0 Å². The molecule has 0 bridgehead atoms. The van der Waals surface area contributed by atoms with E-state index in [2.05, 4.69) is 48.6 Å². The van der Waals surface area contributed by atoms with Crippen LogP contribution in [-0.2, 0) is 30.0 Å². The molecule has 184 valence electrons. The Labute approximate surface area is 211 Å². The molecule has 0 saturated carbocycles. The number of likely N-dealkylation sites (N-methyl/N-ethyl adjacent to an activating group) is 1. The number of nitrogens with zero attached hydrogens (tertiary/aromatic N) is 1. The number of benzene rings is 1. The zero-order chi connectivity index (χ0) is 22.4. The van der Waals surface area contributed by atoms with Gasteiger partial charge in [0.1, 0.15) is 5.78 Å². The molecule has 1 aliphatic rings. The molecule has 1 aromatic rings. The molecule has 1 atom stereocenters. The quantitative estimate of drug-likeness (QED) is 0.262. The van der Waals surface area contributed by atoms with Gasteiger partial charge in [0.2, 0.25) is 0 Å². The molecule has 1 aliphatic heterocycles. The molecule has 1 saturated heterocycles. The fourth-order valence-corrected chi connectivity index (χ4v) is 2.37. The van der Waals surface area contributed by atoms with E-state index in [1.54, 1.807) is 14.0 Å². The average Bonchev–Trinajstić information content (AvgIpc) is 2.73. The van der Waals surface area contributed by atoms with E-state index < -0.39 is 0 Å². The minimum absolute atomic E-state index is 0. The second-order valence-corrected chi connectivity index (χ2v) is 7.45. The molecule has 0 aromatic heterocycles. The van der Waals surface area contributed by atoms with Crippen LogP contribution in [0.15, 0.2) is 34.8 Å². The molecule has 2 rings (SSSR count). The van der Waals surface area contributed by atoms with Gasteiger partial charge in [-0.2, -0.15) is 0 Å². The van der Waals surface area contributed by atoms with Crippen LogP contribution in [0.5, 0.6) is 0 Å². The van der Waals surface area contributed by atoms with Crippen LogP contribution in [0.3, 0.4) is 0 Å². The molecular formula is C25H49BrNO2Pd-. The monoisotopic (exact) mass is 580 g/mol. The predicted molar refractivity (Wildman–Crippen MR) is 136 cm³/mol. The second kappa shape index (κ2) is 29.0. The average molecular weight is 582 g/mol. The summed E-state index contributed by atoms with van der Waals surface area (Å²) in [6.45, 7) is 16.1. The van der Waals surface area contributed by atoms with Crippen molar-refractivity contribution in [3.05, 3.63) is 42.2 Å². The predicted octanol–water partition coefficient (Wildman–Crippen LogP) is 7.83. The fraction of sp³-hybridized carbons (Fsp3) is 0.680. The summed E-state index contributed by atoms with van der Waals surface area (Å²) in [4.78, 5) is 12.2. The maximum Gasteiger partial charge on any atom is 0.129 e. The maximum absolute atomic E-state index is 9.81. The Morgan fingerprint density at radius 1 is 1.10 bits per heavy atom. The molecular weight excluding hydrogens is 533 g/mol. The van der Waals surface area contributed by atoms with Crippen LogP contribution >= 0.6 is 15.9 Å². The second-order valence-electron chi connectivity index (χ2n) is 6.53. The van der Waals surface area contributed by atoms with E-state index in [4.69, 9.17) is 4.74 Å². The largest absolute Gasteiger partial charge is 0.383 e. The Bertz CT molecular complexity index is 440. The van der Waals surface area contributed by atoms with Crippen LogP contribution in [0.1, 0.15) is 80.6 Å².